The van der Waals surface area contributed by atoms with Crippen molar-refractivity contribution in [3.63, 3.8) is 0 Å². The van der Waals surface area contributed by atoms with E-state index in [0.717, 1.165) is 5.69 Å². The van der Waals surface area contributed by atoms with E-state index in [9.17, 15) is 10.1 Å². The van der Waals surface area contributed by atoms with Gasteiger partial charge in [0.05, 0.1) is 23.7 Å². The third-order valence-electron chi connectivity index (χ3n) is 3.17. The highest BCUT2D eigenvalue weighted by atomic mass is 16.6. The lowest BCUT2D eigenvalue weighted by Crippen LogP contribution is -2.04. The molecule has 0 aliphatic heterocycles. The molecule has 0 aliphatic carbocycles. The number of nitriles is 1. The van der Waals surface area contributed by atoms with Gasteiger partial charge in [-0.2, -0.15) is 5.26 Å². The second-order valence-electron chi connectivity index (χ2n) is 4.34. The monoisotopic (exact) mass is 271 g/mol. The Labute approximate surface area is 116 Å². The van der Waals surface area contributed by atoms with Gasteiger partial charge in [0.25, 0.3) is 5.69 Å². The predicted molar refractivity (Wildman–Crippen MR) is 73.2 cm³/mol. The summed E-state index contributed by atoms with van der Waals surface area (Å²) >= 11 is 0. The van der Waals surface area contributed by atoms with Gasteiger partial charge >= 0.3 is 0 Å². The SMILES string of the molecule is COc1ccc(-n2c(C)cc(C#N)c2C)c([N+](=O)[O-])c1. The molecule has 0 spiro atoms. The van der Waals surface area contributed by atoms with Gasteiger partial charge in [-0.1, -0.05) is 0 Å². The molecule has 0 fully saturated rings. The van der Waals surface area contributed by atoms with Crippen molar-refractivity contribution < 1.29 is 9.66 Å². The summed E-state index contributed by atoms with van der Waals surface area (Å²) in [4.78, 5) is 10.8. The van der Waals surface area contributed by atoms with Gasteiger partial charge in [0.15, 0.2) is 0 Å². The van der Waals surface area contributed by atoms with E-state index in [1.54, 1.807) is 29.7 Å². The summed E-state index contributed by atoms with van der Waals surface area (Å²) in [6.45, 7) is 3.57. The van der Waals surface area contributed by atoms with Gasteiger partial charge in [-0.25, -0.2) is 0 Å². The van der Waals surface area contributed by atoms with Crippen LogP contribution in [0.2, 0.25) is 0 Å². The predicted octanol–water partition coefficient (Wildman–Crippen LogP) is 2.88. The summed E-state index contributed by atoms with van der Waals surface area (Å²) in [5.74, 6) is 0.420. The molecule has 0 bridgehead atoms. The zero-order chi connectivity index (χ0) is 14.9. The molecule has 0 radical (unpaired) electrons. The smallest absolute Gasteiger partial charge is 0.296 e. The number of nitrogens with zero attached hydrogens (tertiary/aromatic N) is 3. The summed E-state index contributed by atoms with van der Waals surface area (Å²) in [6.07, 6.45) is 0. The van der Waals surface area contributed by atoms with Crippen molar-refractivity contribution in [3.8, 4) is 17.5 Å². The number of benzene rings is 1. The molecule has 6 nitrogen and oxygen atoms in total. The van der Waals surface area contributed by atoms with Crippen LogP contribution in [0.1, 0.15) is 17.0 Å². The molecule has 2 aromatic rings. The van der Waals surface area contributed by atoms with Crippen LogP contribution in [0.4, 0.5) is 5.69 Å². The summed E-state index contributed by atoms with van der Waals surface area (Å²) < 4.78 is 6.72. The summed E-state index contributed by atoms with van der Waals surface area (Å²) in [7, 11) is 1.46. The molecule has 20 heavy (non-hydrogen) atoms. The Morgan fingerprint density at radius 3 is 2.55 bits per heavy atom. The minimum Gasteiger partial charge on any atom is -0.496 e. The van der Waals surface area contributed by atoms with Crippen LogP contribution >= 0.6 is 0 Å². The number of nitro groups is 1. The Morgan fingerprint density at radius 1 is 1.35 bits per heavy atom. The average Bonchev–Trinajstić information content (AvgIpc) is 2.72. The van der Waals surface area contributed by atoms with E-state index >= 15 is 0 Å². The van der Waals surface area contributed by atoms with Gasteiger partial charge in [0.2, 0.25) is 0 Å². The molecular weight excluding hydrogens is 258 g/mol. The maximum atomic E-state index is 11.2. The fraction of sp³-hybridized carbons (Fsp3) is 0.214. The summed E-state index contributed by atoms with van der Waals surface area (Å²) in [6, 6.07) is 8.45. The molecule has 2 rings (SSSR count). The van der Waals surface area contributed by atoms with Gasteiger partial charge in [-0.05, 0) is 32.0 Å². The number of hydrogen-bond acceptors (Lipinski definition) is 4. The molecule has 0 saturated carbocycles. The normalized spacial score (nSPS) is 10.1. The molecule has 0 amide bonds. The first kappa shape index (κ1) is 13.6. The molecule has 0 aliphatic rings. The lowest BCUT2D eigenvalue weighted by atomic mass is 10.2. The van der Waals surface area contributed by atoms with E-state index in [1.165, 1.54) is 13.2 Å². The van der Waals surface area contributed by atoms with Crippen molar-refractivity contribution in [2.24, 2.45) is 0 Å². The standard InChI is InChI=1S/C14H13N3O3/c1-9-6-11(8-15)10(2)16(9)13-5-4-12(20-3)7-14(13)17(18)19/h4-7H,1-3H3. The Kier molecular flexibility index (Phi) is 3.44. The van der Waals surface area contributed by atoms with Crippen LogP contribution in [0.25, 0.3) is 5.69 Å². The fourth-order valence-electron chi connectivity index (χ4n) is 2.21. The first-order chi connectivity index (χ1) is 9.49. The zero-order valence-electron chi connectivity index (χ0n) is 11.4. The number of hydrogen-bond donors (Lipinski definition) is 0. The van der Waals surface area contributed by atoms with E-state index < -0.39 is 4.92 Å². The van der Waals surface area contributed by atoms with Crippen molar-refractivity contribution in [2.75, 3.05) is 7.11 Å². The highest BCUT2D eigenvalue weighted by Gasteiger charge is 2.20. The fourth-order valence-corrected chi connectivity index (χ4v) is 2.21. The molecule has 0 N–H and O–H groups in total. The van der Waals surface area contributed by atoms with E-state index in [0.29, 0.717) is 22.7 Å². The van der Waals surface area contributed by atoms with Crippen molar-refractivity contribution >= 4 is 5.69 Å². The first-order valence-corrected chi connectivity index (χ1v) is 5.91. The van der Waals surface area contributed by atoms with Crippen LogP contribution in [0.3, 0.4) is 0 Å². The van der Waals surface area contributed by atoms with Crippen molar-refractivity contribution in [1.29, 1.82) is 5.26 Å². The van der Waals surface area contributed by atoms with Crippen LogP contribution < -0.4 is 4.74 Å². The van der Waals surface area contributed by atoms with Crippen LogP contribution in [0.5, 0.6) is 5.75 Å². The quantitative estimate of drug-likeness (QED) is 0.635. The molecule has 1 aromatic carbocycles. The van der Waals surface area contributed by atoms with Gasteiger partial charge < -0.3 is 9.30 Å². The Balaban J connectivity index is 2.73. The average molecular weight is 271 g/mol. The molecule has 1 aromatic heterocycles. The Morgan fingerprint density at radius 2 is 2.05 bits per heavy atom. The molecule has 6 heteroatoms. The van der Waals surface area contributed by atoms with E-state index in [2.05, 4.69) is 6.07 Å². The van der Waals surface area contributed by atoms with E-state index in [-0.39, 0.29) is 5.69 Å². The Hall–Kier alpha value is -2.81. The van der Waals surface area contributed by atoms with Gasteiger partial charge in [0.1, 0.15) is 17.5 Å². The Bertz CT molecular complexity index is 726. The number of nitro benzene ring substituents is 1. The highest BCUT2D eigenvalue weighted by molar-refractivity contribution is 5.59. The topological polar surface area (TPSA) is 81.1 Å². The molecule has 0 atom stereocenters. The molecular formula is C14H13N3O3. The lowest BCUT2D eigenvalue weighted by Gasteiger charge is -2.11. The lowest BCUT2D eigenvalue weighted by molar-refractivity contribution is -0.384. The maximum Gasteiger partial charge on any atom is 0.296 e. The van der Waals surface area contributed by atoms with E-state index in [4.69, 9.17) is 10.00 Å². The minimum atomic E-state index is -0.456. The van der Waals surface area contributed by atoms with Crippen LogP contribution in [0, 0.1) is 35.3 Å². The molecule has 0 saturated heterocycles. The summed E-state index contributed by atoms with van der Waals surface area (Å²) in [5.41, 5.74) is 2.32. The highest BCUT2D eigenvalue weighted by Crippen LogP contribution is 2.31. The number of methoxy groups -OCH3 is 1. The second kappa shape index (κ2) is 5.05. The van der Waals surface area contributed by atoms with Crippen LogP contribution in [-0.4, -0.2) is 16.6 Å². The van der Waals surface area contributed by atoms with Crippen molar-refractivity contribution in [3.05, 3.63) is 51.3 Å². The first-order valence-electron chi connectivity index (χ1n) is 5.91. The number of ether oxygens (including phenoxy) is 1. The third-order valence-corrected chi connectivity index (χ3v) is 3.17. The molecule has 102 valence electrons. The van der Waals surface area contributed by atoms with Gasteiger partial charge in [0, 0.05) is 11.4 Å². The number of rotatable bonds is 3. The van der Waals surface area contributed by atoms with Crippen LogP contribution in [0.15, 0.2) is 24.3 Å². The van der Waals surface area contributed by atoms with Crippen molar-refractivity contribution in [2.45, 2.75) is 13.8 Å². The summed E-state index contributed by atoms with van der Waals surface area (Å²) in [5, 5.41) is 20.3. The van der Waals surface area contributed by atoms with Gasteiger partial charge in [-0.3, -0.25) is 10.1 Å². The number of aromatic nitrogens is 1. The second-order valence-corrected chi connectivity index (χ2v) is 4.34. The zero-order valence-corrected chi connectivity index (χ0v) is 11.4. The van der Waals surface area contributed by atoms with E-state index in [1.807, 2.05) is 6.92 Å². The number of aryl methyl sites for hydroxylation is 1. The third kappa shape index (κ3) is 2.10. The molecule has 1 heterocycles. The molecule has 0 unspecified atom stereocenters. The van der Waals surface area contributed by atoms with Crippen molar-refractivity contribution in [1.82, 2.24) is 4.57 Å². The van der Waals surface area contributed by atoms with Gasteiger partial charge in [-0.15, -0.1) is 0 Å². The van der Waals surface area contributed by atoms with Crippen LogP contribution in [-0.2, 0) is 0 Å². The maximum absolute atomic E-state index is 11.2. The largest absolute Gasteiger partial charge is 0.496 e. The minimum absolute atomic E-state index is 0.0596.